The number of rotatable bonds is 4. The number of carbonyl (C=O) groups is 2. The van der Waals surface area contributed by atoms with E-state index in [9.17, 15) is 9.59 Å². The molecule has 1 heterocycles. The van der Waals surface area contributed by atoms with Crippen LogP contribution in [0.2, 0.25) is 5.02 Å². The monoisotopic (exact) mass is 307 g/mol. The molecule has 0 aliphatic carbocycles. The lowest BCUT2D eigenvalue weighted by molar-refractivity contribution is -0.117. The van der Waals surface area contributed by atoms with Crippen molar-refractivity contribution in [2.24, 2.45) is 0 Å². The molecule has 0 saturated heterocycles. The molecule has 0 unspecified atom stereocenters. The molecule has 0 aliphatic heterocycles. The van der Waals surface area contributed by atoms with Crippen LogP contribution in [0.15, 0.2) is 34.9 Å². The Bertz CT molecular complexity index is 669. The van der Waals surface area contributed by atoms with Crippen molar-refractivity contribution in [1.29, 1.82) is 0 Å². The van der Waals surface area contributed by atoms with Gasteiger partial charge in [0, 0.05) is 6.07 Å². The topological polar surface area (TPSA) is 84.2 Å². The van der Waals surface area contributed by atoms with Gasteiger partial charge in [-0.2, -0.15) is 0 Å². The molecule has 1 aromatic heterocycles. The molecule has 0 fully saturated rings. The maximum atomic E-state index is 12.0. The summed E-state index contributed by atoms with van der Waals surface area (Å²) in [7, 11) is 0. The van der Waals surface area contributed by atoms with Gasteiger partial charge in [0.15, 0.2) is 5.82 Å². The van der Waals surface area contributed by atoms with Crippen LogP contribution >= 0.6 is 11.6 Å². The minimum atomic E-state index is -0.745. The third kappa shape index (κ3) is 3.82. The van der Waals surface area contributed by atoms with Crippen molar-refractivity contribution in [2.45, 2.75) is 19.9 Å². The molecule has 7 heteroatoms. The lowest BCUT2D eigenvalue weighted by Crippen LogP contribution is -2.41. The number of amides is 2. The zero-order valence-electron chi connectivity index (χ0n) is 11.5. The van der Waals surface area contributed by atoms with Gasteiger partial charge in [0.2, 0.25) is 5.91 Å². The molecule has 2 rings (SSSR count). The molecule has 1 aromatic carbocycles. The molecular weight excluding hydrogens is 294 g/mol. The van der Waals surface area contributed by atoms with Crippen LogP contribution in [-0.2, 0) is 4.79 Å². The number of anilines is 1. The van der Waals surface area contributed by atoms with Gasteiger partial charge in [-0.1, -0.05) is 28.9 Å². The van der Waals surface area contributed by atoms with Crippen LogP contribution in [0, 0.1) is 6.92 Å². The van der Waals surface area contributed by atoms with Crippen LogP contribution in [0.4, 0.5) is 5.82 Å². The molecule has 1 atom stereocenters. The first-order chi connectivity index (χ1) is 9.97. The summed E-state index contributed by atoms with van der Waals surface area (Å²) in [5.74, 6) is 0.0673. The van der Waals surface area contributed by atoms with E-state index in [1.807, 2.05) is 0 Å². The summed E-state index contributed by atoms with van der Waals surface area (Å²) in [6.45, 7) is 3.28. The molecule has 0 bridgehead atoms. The Balaban J connectivity index is 1.97. The molecule has 2 aromatic rings. The number of benzene rings is 1. The van der Waals surface area contributed by atoms with Crippen molar-refractivity contribution in [3.8, 4) is 0 Å². The second-order valence-electron chi connectivity index (χ2n) is 4.49. The van der Waals surface area contributed by atoms with Gasteiger partial charge < -0.3 is 15.2 Å². The summed E-state index contributed by atoms with van der Waals surface area (Å²) in [5.41, 5.74) is 0.316. The van der Waals surface area contributed by atoms with Gasteiger partial charge >= 0.3 is 0 Å². The third-order valence-electron chi connectivity index (χ3n) is 2.74. The highest BCUT2D eigenvalue weighted by atomic mass is 35.5. The summed E-state index contributed by atoms with van der Waals surface area (Å²) >= 11 is 5.93. The van der Waals surface area contributed by atoms with E-state index in [-0.39, 0.29) is 0 Å². The van der Waals surface area contributed by atoms with Crippen molar-refractivity contribution < 1.29 is 14.1 Å². The molecule has 0 spiro atoms. The predicted octanol–water partition coefficient (Wildman–Crippen LogP) is 2.39. The van der Waals surface area contributed by atoms with Crippen molar-refractivity contribution in [3.63, 3.8) is 0 Å². The van der Waals surface area contributed by atoms with Gasteiger partial charge in [-0.05, 0) is 26.0 Å². The Hall–Kier alpha value is -2.34. The van der Waals surface area contributed by atoms with E-state index in [1.54, 1.807) is 44.2 Å². The van der Waals surface area contributed by atoms with Crippen molar-refractivity contribution in [2.75, 3.05) is 5.32 Å². The highest BCUT2D eigenvalue weighted by Gasteiger charge is 2.19. The predicted molar refractivity (Wildman–Crippen MR) is 78.2 cm³/mol. The Morgan fingerprint density at radius 3 is 2.67 bits per heavy atom. The number of aromatic nitrogens is 1. The van der Waals surface area contributed by atoms with Crippen molar-refractivity contribution >= 4 is 29.2 Å². The van der Waals surface area contributed by atoms with Gasteiger partial charge in [-0.15, -0.1) is 0 Å². The van der Waals surface area contributed by atoms with Crippen molar-refractivity contribution in [3.05, 3.63) is 46.7 Å². The zero-order chi connectivity index (χ0) is 15.4. The maximum absolute atomic E-state index is 12.0. The molecule has 0 aliphatic rings. The largest absolute Gasteiger partial charge is 0.360 e. The highest BCUT2D eigenvalue weighted by Crippen LogP contribution is 2.15. The Kier molecular flexibility index (Phi) is 4.59. The number of aryl methyl sites for hydroxylation is 1. The van der Waals surface area contributed by atoms with E-state index >= 15 is 0 Å². The Morgan fingerprint density at radius 2 is 2.05 bits per heavy atom. The Morgan fingerprint density at radius 1 is 1.33 bits per heavy atom. The number of hydrogen-bond donors (Lipinski definition) is 2. The van der Waals surface area contributed by atoms with Gasteiger partial charge in [-0.25, -0.2) is 0 Å². The molecule has 6 nitrogen and oxygen atoms in total. The van der Waals surface area contributed by atoms with Gasteiger partial charge in [0.1, 0.15) is 11.8 Å². The summed E-state index contributed by atoms with van der Waals surface area (Å²) < 4.78 is 4.84. The van der Waals surface area contributed by atoms with E-state index in [4.69, 9.17) is 16.1 Å². The number of carbonyl (C=O) groups excluding carboxylic acids is 2. The van der Waals surface area contributed by atoms with Gasteiger partial charge in [0.05, 0.1) is 10.6 Å². The lowest BCUT2D eigenvalue weighted by Gasteiger charge is -2.13. The summed E-state index contributed by atoms with van der Waals surface area (Å²) in [6, 6.07) is 7.46. The van der Waals surface area contributed by atoms with E-state index in [0.29, 0.717) is 22.2 Å². The first kappa shape index (κ1) is 15.1. The minimum Gasteiger partial charge on any atom is -0.360 e. The number of nitrogens with zero attached hydrogens (tertiary/aromatic N) is 1. The minimum absolute atomic E-state index is 0.302. The third-order valence-corrected chi connectivity index (χ3v) is 3.07. The highest BCUT2D eigenvalue weighted by molar-refractivity contribution is 6.33. The van der Waals surface area contributed by atoms with Crippen LogP contribution in [0.5, 0.6) is 0 Å². The normalized spacial score (nSPS) is 11.8. The van der Waals surface area contributed by atoms with Crippen LogP contribution in [0.3, 0.4) is 0 Å². The fourth-order valence-electron chi connectivity index (χ4n) is 1.65. The van der Waals surface area contributed by atoms with Gasteiger partial charge in [-0.3, -0.25) is 9.59 Å². The number of hydrogen-bond acceptors (Lipinski definition) is 4. The molecule has 2 amide bonds. The van der Waals surface area contributed by atoms with E-state index in [0.717, 1.165) is 0 Å². The summed E-state index contributed by atoms with van der Waals surface area (Å²) in [4.78, 5) is 24.0. The molecule has 110 valence electrons. The van der Waals surface area contributed by atoms with E-state index in [2.05, 4.69) is 15.8 Å². The van der Waals surface area contributed by atoms with Crippen LogP contribution in [0.25, 0.3) is 0 Å². The molecular formula is C14H14ClN3O3. The zero-order valence-corrected chi connectivity index (χ0v) is 12.3. The lowest BCUT2D eigenvalue weighted by atomic mass is 10.2. The first-order valence-electron chi connectivity index (χ1n) is 6.27. The van der Waals surface area contributed by atoms with Crippen molar-refractivity contribution in [1.82, 2.24) is 10.5 Å². The SMILES string of the molecule is Cc1cc(NC(=O)[C@H](C)NC(=O)c2ccccc2Cl)no1. The average molecular weight is 308 g/mol. The molecule has 21 heavy (non-hydrogen) atoms. The van der Waals surface area contributed by atoms with Gasteiger partial charge in [0.25, 0.3) is 5.91 Å². The fourth-order valence-corrected chi connectivity index (χ4v) is 1.87. The second kappa shape index (κ2) is 6.41. The molecule has 0 radical (unpaired) electrons. The number of nitrogens with one attached hydrogen (secondary N) is 2. The van der Waals surface area contributed by atoms with Crippen LogP contribution < -0.4 is 10.6 Å². The smallest absolute Gasteiger partial charge is 0.253 e. The van der Waals surface area contributed by atoms with E-state index < -0.39 is 17.9 Å². The fraction of sp³-hybridized carbons (Fsp3) is 0.214. The Labute approximate surface area is 126 Å². The quantitative estimate of drug-likeness (QED) is 0.908. The second-order valence-corrected chi connectivity index (χ2v) is 4.89. The maximum Gasteiger partial charge on any atom is 0.253 e. The average Bonchev–Trinajstić information content (AvgIpc) is 2.84. The number of halogens is 1. The van der Waals surface area contributed by atoms with Crippen LogP contribution in [0.1, 0.15) is 23.0 Å². The standard InChI is InChI=1S/C14H14ClN3O3/c1-8-7-12(18-21-8)17-13(19)9(2)16-14(20)10-5-3-4-6-11(10)15/h3-7,9H,1-2H3,(H,16,20)(H,17,18,19)/t9-/m0/s1. The molecule has 2 N–H and O–H groups in total. The van der Waals surface area contributed by atoms with Crippen LogP contribution in [-0.4, -0.2) is 23.0 Å². The summed E-state index contributed by atoms with van der Waals surface area (Å²) in [6.07, 6.45) is 0. The molecule has 0 saturated carbocycles. The first-order valence-corrected chi connectivity index (χ1v) is 6.64. The van der Waals surface area contributed by atoms with E-state index in [1.165, 1.54) is 0 Å². The summed E-state index contributed by atoms with van der Waals surface area (Å²) in [5, 5.41) is 9.09.